The lowest BCUT2D eigenvalue weighted by Gasteiger charge is -2.21. The Hall–Kier alpha value is -5.24. The van der Waals surface area contributed by atoms with Crippen LogP contribution in [-0.4, -0.2) is 9.13 Å². The molecule has 0 fully saturated rings. The van der Waals surface area contributed by atoms with Crippen LogP contribution in [0.15, 0.2) is 127 Å². The predicted octanol–water partition coefficient (Wildman–Crippen LogP) is 9.23. The van der Waals surface area contributed by atoms with E-state index in [1.807, 2.05) is 24.3 Å². The highest BCUT2D eigenvalue weighted by molar-refractivity contribution is 6.15. The second-order valence-electron chi connectivity index (χ2n) is 9.93. The summed E-state index contributed by atoms with van der Waals surface area (Å²) in [5.41, 5.74) is 12.5. The first-order chi connectivity index (χ1) is 18.8. The Labute approximate surface area is 218 Å². The summed E-state index contributed by atoms with van der Waals surface area (Å²) in [5, 5.41) is 4.91. The third kappa shape index (κ3) is 2.53. The van der Waals surface area contributed by atoms with Crippen molar-refractivity contribution < 1.29 is 4.74 Å². The van der Waals surface area contributed by atoms with Crippen molar-refractivity contribution in [2.24, 2.45) is 0 Å². The highest BCUT2D eigenvalue weighted by atomic mass is 16.5. The van der Waals surface area contributed by atoms with E-state index >= 15 is 0 Å². The monoisotopic (exact) mass is 484 g/mol. The summed E-state index contributed by atoms with van der Waals surface area (Å²) >= 11 is 0. The smallest absolute Gasteiger partial charge is 0.152 e. The molecule has 1 aliphatic heterocycles. The van der Waals surface area contributed by atoms with Crippen LogP contribution in [-0.2, 0) is 0 Å². The molecular weight excluding hydrogens is 464 g/mol. The van der Waals surface area contributed by atoms with E-state index in [2.05, 4.69) is 112 Å². The van der Waals surface area contributed by atoms with Crippen molar-refractivity contribution in [1.29, 1.82) is 0 Å². The lowest BCUT2D eigenvalue weighted by atomic mass is 9.99. The fourth-order valence-corrected chi connectivity index (χ4v) is 6.27. The molecule has 0 spiro atoms. The Morgan fingerprint density at radius 1 is 0.553 bits per heavy atom. The van der Waals surface area contributed by atoms with Gasteiger partial charge in [0.15, 0.2) is 11.5 Å². The number of benzene rings is 5. The van der Waals surface area contributed by atoms with Gasteiger partial charge >= 0.3 is 0 Å². The van der Waals surface area contributed by atoms with Crippen LogP contribution in [0.5, 0.6) is 11.5 Å². The summed E-state index contributed by atoms with van der Waals surface area (Å²) in [6, 6.07) is 36.8. The zero-order valence-corrected chi connectivity index (χ0v) is 20.3. The molecule has 2 aliphatic rings. The summed E-state index contributed by atoms with van der Waals surface area (Å²) in [5.74, 6) is 1.77. The Balaban J connectivity index is 1.34. The molecule has 0 bridgehead atoms. The standard InChI is InChI=1S/C35H20N2O/c1-2-10-24(9-1)36-29-13-5-3-11-25(29)27-19-22(17-18-31(27)36)23-20-28-26-12-4-6-14-30(26)37-32-15-7-8-16-33(32)38-34(21-23)35(28)37/h1-9,11-21H. The molecular formula is C35H20N2O. The third-order valence-corrected chi connectivity index (χ3v) is 7.89. The minimum atomic E-state index is 0.879. The number of aromatic nitrogens is 2. The molecule has 0 unspecified atom stereocenters. The second-order valence-corrected chi connectivity index (χ2v) is 9.93. The van der Waals surface area contributed by atoms with Gasteiger partial charge in [-0.1, -0.05) is 66.4 Å². The number of hydrogen-bond donors (Lipinski definition) is 0. The molecule has 0 amide bonds. The van der Waals surface area contributed by atoms with E-state index in [-0.39, 0.29) is 0 Å². The van der Waals surface area contributed by atoms with E-state index in [4.69, 9.17) is 4.74 Å². The number of ether oxygens (including phenoxy) is 1. The molecule has 3 heterocycles. The maximum absolute atomic E-state index is 6.52. The Morgan fingerprint density at radius 3 is 2.11 bits per heavy atom. The molecule has 0 N–H and O–H groups in total. The van der Waals surface area contributed by atoms with Crippen molar-refractivity contribution in [2.45, 2.75) is 0 Å². The van der Waals surface area contributed by atoms with Crippen molar-refractivity contribution in [1.82, 2.24) is 9.13 Å². The van der Waals surface area contributed by atoms with Gasteiger partial charge in [0.2, 0.25) is 0 Å². The number of nitrogens with zero attached hydrogens (tertiary/aromatic N) is 2. The van der Waals surface area contributed by atoms with E-state index in [9.17, 15) is 0 Å². The molecule has 3 heteroatoms. The fraction of sp³-hybridized carbons (Fsp3) is 0. The summed E-state index contributed by atoms with van der Waals surface area (Å²) in [7, 11) is 0. The van der Waals surface area contributed by atoms with Gasteiger partial charge in [0, 0.05) is 21.5 Å². The SMILES string of the molecule is C1=CC=CC=1n1c2ccccc2c2cc(-c3cc4c5c(c3)c3ccccc3n5-c3ccccc3O4)ccc21. The quantitative estimate of drug-likeness (QED) is 0.224. The lowest BCUT2D eigenvalue weighted by Crippen LogP contribution is -2.03. The van der Waals surface area contributed by atoms with Gasteiger partial charge in [-0.2, -0.15) is 0 Å². The zero-order chi connectivity index (χ0) is 24.8. The van der Waals surface area contributed by atoms with Gasteiger partial charge in [-0.3, -0.25) is 0 Å². The van der Waals surface area contributed by atoms with Crippen LogP contribution in [0, 0.1) is 0 Å². The molecule has 2 aromatic heterocycles. The molecule has 0 radical (unpaired) electrons. The molecule has 0 saturated heterocycles. The number of fused-ring (bicyclic) bond motifs is 8. The zero-order valence-electron chi connectivity index (χ0n) is 20.3. The summed E-state index contributed by atoms with van der Waals surface area (Å²) in [6.45, 7) is 0. The van der Waals surface area contributed by atoms with Gasteiger partial charge in [0.1, 0.15) is 0 Å². The van der Waals surface area contributed by atoms with Crippen LogP contribution in [0.25, 0.3) is 66.1 Å². The van der Waals surface area contributed by atoms with Gasteiger partial charge in [0.25, 0.3) is 0 Å². The number of rotatable bonds is 2. The van der Waals surface area contributed by atoms with Crippen molar-refractivity contribution in [3.8, 4) is 28.3 Å². The summed E-state index contributed by atoms with van der Waals surface area (Å²) in [4.78, 5) is 0. The number of hydrogen-bond acceptors (Lipinski definition) is 1. The topological polar surface area (TPSA) is 19.1 Å². The highest BCUT2D eigenvalue weighted by Crippen LogP contribution is 2.47. The van der Waals surface area contributed by atoms with Gasteiger partial charge in [-0.15, -0.1) is 0 Å². The minimum Gasteiger partial charge on any atom is -0.453 e. The van der Waals surface area contributed by atoms with Crippen molar-refractivity contribution >= 4 is 49.3 Å². The van der Waals surface area contributed by atoms with E-state index in [0.717, 1.165) is 34.0 Å². The third-order valence-electron chi connectivity index (χ3n) is 7.89. The predicted molar refractivity (Wildman–Crippen MR) is 156 cm³/mol. The second kappa shape index (κ2) is 7.17. The summed E-state index contributed by atoms with van der Waals surface area (Å²) in [6.07, 6.45) is 6.13. The average molecular weight is 485 g/mol. The first-order valence-corrected chi connectivity index (χ1v) is 12.9. The number of para-hydroxylation sites is 4. The molecule has 0 saturated carbocycles. The van der Waals surface area contributed by atoms with Gasteiger partial charge in [-0.25, -0.2) is 0 Å². The minimum absolute atomic E-state index is 0.879. The van der Waals surface area contributed by atoms with E-state index in [0.29, 0.717) is 0 Å². The molecule has 3 nitrogen and oxygen atoms in total. The molecule has 0 atom stereocenters. The normalized spacial score (nSPS) is 13.5. The number of allylic oxidation sites excluding steroid dienone is 3. The van der Waals surface area contributed by atoms with Gasteiger partial charge in [0.05, 0.1) is 33.5 Å². The Kier molecular flexibility index (Phi) is 3.75. The van der Waals surface area contributed by atoms with Crippen LogP contribution >= 0.6 is 0 Å². The first kappa shape index (κ1) is 19.9. The van der Waals surface area contributed by atoms with E-state index in [1.54, 1.807) is 0 Å². The van der Waals surface area contributed by atoms with Crippen LogP contribution in [0.1, 0.15) is 0 Å². The van der Waals surface area contributed by atoms with Gasteiger partial charge < -0.3 is 13.9 Å². The average Bonchev–Trinajstić information content (AvgIpc) is 3.69. The maximum atomic E-state index is 6.52. The van der Waals surface area contributed by atoms with Crippen LogP contribution in [0.3, 0.4) is 0 Å². The van der Waals surface area contributed by atoms with Crippen LogP contribution in [0.4, 0.5) is 0 Å². The molecule has 38 heavy (non-hydrogen) atoms. The van der Waals surface area contributed by atoms with Gasteiger partial charge in [-0.05, 0) is 71.8 Å². The Morgan fingerprint density at radius 2 is 1.26 bits per heavy atom. The highest BCUT2D eigenvalue weighted by Gasteiger charge is 2.24. The van der Waals surface area contributed by atoms with E-state index in [1.165, 1.54) is 43.7 Å². The molecule has 9 rings (SSSR count). The summed E-state index contributed by atoms with van der Waals surface area (Å²) < 4.78 is 11.2. The van der Waals surface area contributed by atoms with Crippen LogP contribution < -0.4 is 4.74 Å². The van der Waals surface area contributed by atoms with Crippen molar-refractivity contribution in [2.75, 3.05) is 0 Å². The molecule has 7 aromatic rings. The van der Waals surface area contributed by atoms with Crippen LogP contribution in [0.2, 0.25) is 0 Å². The lowest BCUT2D eigenvalue weighted by molar-refractivity contribution is 0.476. The van der Waals surface area contributed by atoms with Crippen molar-refractivity contribution in [3.63, 3.8) is 0 Å². The largest absolute Gasteiger partial charge is 0.453 e. The van der Waals surface area contributed by atoms with E-state index < -0.39 is 0 Å². The molecule has 1 aliphatic carbocycles. The molecule has 5 aromatic carbocycles. The Bertz CT molecular complexity index is 2250. The molecule has 176 valence electrons. The first-order valence-electron chi connectivity index (χ1n) is 12.9. The van der Waals surface area contributed by atoms with Crippen molar-refractivity contribution in [3.05, 3.63) is 127 Å². The fourth-order valence-electron chi connectivity index (χ4n) is 6.27. The maximum Gasteiger partial charge on any atom is 0.152 e.